The summed E-state index contributed by atoms with van der Waals surface area (Å²) in [5.41, 5.74) is 2.67. The second-order valence-electron chi connectivity index (χ2n) is 5.55. The Kier molecular flexibility index (Phi) is 3.73. The Labute approximate surface area is 124 Å². The van der Waals surface area contributed by atoms with E-state index in [4.69, 9.17) is 0 Å². The van der Waals surface area contributed by atoms with Crippen LogP contribution in [0, 0.1) is 5.82 Å². The van der Waals surface area contributed by atoms with Crippen molar-refractivity contribution in [2.24, 2.45) is 0 Å². The number of hydrogen-bond acceptors (Lipinski definition) is 4. The fourth-order valence-corrected chi connectivity index (χ4v) is 2.80. The molecule has 1 aromatic heterocycles. The molecule has 110 valence electrons. The van der Waals surface area contributed by atoms with Crippen LogP contribution in [0.15, 0.2) is 30.5 Å². The maximum absolute atomic E-state index is 13.6. The van der Waals surface area contributed by atoms with Crippen molar-refractivity contribution >= 4 is 11.8 Å². The van der Waals surface area contributed by atoms with Gasteiger partial charge in [0.05, 0.1) is 12.2 Å². The topological polar surface area (TPSA) is 41.1 Å². The summed E-state index contributed by atoms with van der Waals surface area (Å²) in [6.07, 6.45) is 4.51. The Morgan fingerprint density at radius 1 is 1.29 bits per heavy atom. The zero-order valence-electron chi connectivity index (χ0n) is 12.3. The Morgan fingerprint density at radius 3 is 2.90 bits per heavy atom. The first-order valence-electron chi connectivity index (χ1n) is 7.19. The summed E-state index contributed by atoms with van der Waals surface area (Å²) in [7, 11) is 3.54. The second-order valence-corrected chi connectivity index (χ2v) is 5.55. The third-order valence-electron chi connectivity index (χ3n) is 3.82. The van der Waals surface area contributed by atoms with Crippen LogP contribution in [0.2, 0.25) is 0 Å². The molecule has 1 heterocycles. The molecule has 2 aromatic rings. The minimum Gasteiger partial charge on any atom is -0.360 e. The van der Waals surface area contributed by atoms with Crippen molar-refractivity contribution in [1.29, 1.82) is 0 Å². The van der Waals surface area contributed by atoms with E-state index in [-0.39, 0.29) is 6.04 Å². The van der Waals surface area contributed by atoms with Crippen LogP contribution in [-0.4, -0.2) is 24.1 Å². The van der Waals surface area contributed by atoms with Gasteiger partial charge in [0.1, 0.15) is 0 Å². The predicted molar refractivity (Wildman–Crippen MR) is 82.1 cm³/mol. The molecular weight excluding hydrogens is 267 g/mol. The average Bonchev–Trinajstić information content (AvgIpc) is 2.49. The van der Waals surface area contributed by atoms with Crippen LogP contribution in [-0.2, 0) is 6.42 Å². The van der Waals surface area contributed by atoms with Crippen LogP contribution in [0.4, 0.5) is 16.2 Å². The van der Waals surface area contributed by atoms with Crippen LogP contribution in [0.5, 0.6) is 0 Å². The van der Waals surface area contributed by atoms with Crippen molar-refractivity contribution in [2.45, 2.75) is 25.3 Å². The number of fused-ring (bicyclic) bond motifs is 1. The number of rotatable bonds is 3. The van der Waals surface area contributed by atoms with E-state index in [2.05, 4.69) is 39.6 Å². The molecule has 1 aromatic carbocycles. The zero-order valence-corrected chi connectivity index (χ0v) is 12.3. The lowest BCUT2D eigenvalue weighted by Gasteiger charge is -2.26. The molecule has 0 saturated heterocycles. The van der Waals surface area contributed by atoms with Gasteiger partial charge < -0.3 is 10.2 Å². The van der Waals surface area contributed by atoms with Crippen LogP contribution in [0.25, 0.3) is 0 Å². The molecule has 1 aliphatic carbocycles. The van der Waals surface area contributed by atoms with Gasteiger partial charge in [-0.15, -0.1) is 0 Å². The van der Waals surface area contributed by atoms with Crippen molar-refractivity contribution in [3.63, 3.8) is 0 Å². The van der Waals surface area contributed by atoms with Crippen molar-refractivity contribution in [3.8, 4) is 0 Å². The van der Waals surface area contributed by atoms with Crippen molar-refractivity contribution in [3.05, 3.63) is 47.4 Å². The molecule has 0 bridgehead atoms. The van der Waals surface area contributed by atoms with Gasteiger partial charge in [0, 0.05) is 14.1 Å². The number of halogens is 1. The lowest BCUT2D eigenvalue weighted by molar-refractivity contribution is 0.590. The molecule has 3 rings (SSSR count). The van der Waals surface area contributed by atoms with E-state index in [9.17, 15) is 4.39 Å². The molecule has 0 spiro atoms. The maximum atomic E-state index is 13.6. The smallest absolute Gasteiger partial charge is 0.225 e. The van der Waals surface area contributed by atoms with Gasteiger partial charge in [-0.2, -0.15) is 4.98 Å². The second kappa shape index (κ2) is 5.68. The molecule has 0 radical (unpaired) electrons. The Morgan fingerprint density at radius 2 is 2.10 bits per heavy atom. The summed E-state index contributed by atoms with van der Waals surface area (Å²) in [4.78, 5) is 9.98. The van der Waals surface area contributed by atoms with E-state index in [0.29, 0.717) is 11.8 Å². The quantitative estimate of drug-likeness (QED) is 0.941. The number of aromatic nitrogens is 2. The first kappa shape index (κ1) is 13.8. The summed E-state index contributed by atoms with van der Waals surface area (Å²) in [5.74, 6) is 0.369. The molecule has 0 aliphatic heterocycles. The highest BCUT2D eigenvalue weighted by Crippen LogP contribution is 2.31. The highest BCUT2D eigenvalue weighted by molar-refractivity contribution is 5.44. The van der Waals surface area contributed by atoms with Gasteiger partial charge >= 0.3 is 0 Å². The standard InChI is InChI=1S/C16H19FN4/c1-21(2)15-13(17)10-18-16(20-15)19-14-9-5-7-11-6-3-4-8-12(11)14/h3-4,6,8,10,14H,5,7,9H2,1-2H3,(H,18,19,20). The maximum Gasteiger partial charge on any atom is 0.225 e. The molecule has 0 amide bonds. The Hall–Kier alpha value is -2.17. The first-order valence-corrected chi connectivity index (χ1v) is 7.19. The number of aryl methyl sites for hydroxylation is 1. The molecule has 4 nitrogen and oxygen atoms in total. The van der Waals surface area contributed by atoms with E-state index in [1.54, 1.807) is 19.0 Å². The molecule has 1 aliphatic rings. The molecule has 1 N–H and O–H groups in total. The number of hydrogen-bond donors (Lipinski definition) is 1. The lowest BCUT2D eigenvalue weighted by Crippen LogP contribution is -2.20. The molecule has 21 heavy (non-hydrogen) atoms. The van der Waals surface area contributed by atoms with Crippen molar-refractivity contribution < 1.29 is 4.39 Å². The van der Waals surface area contributed by atoms with E-state index >= 15 is 0 Å². The van der Waals surface area contributed by atoms with Gasteiger partial charge in [-0.3, -0.25) is 0 Å². The molecule has 1 atom stereocenters. The summed E-state index contributed by atoms with van der Waals surface area (Å²) in [6.45, 7) is 0. The number of anilines is 2. The van der Waals surface area contributed by atoms with Gasteiger partial charge in [-0.05, 0) is 30.4 Å². The molecule has 0 fully saturated rings. The highest BCUT2D eigenvalue weighted by Gasteiger charge is 2.20. The van der Waals surface area contributed by atoms with Gasteiger partial charge in [-0.1, -0.05) is 24.3 Å². The predicted octanol–water partition coefficient (Wildman–Crippen LogP) is 3.17. The molecule has 1 unspecified atom stereocenters. The van der Waals surface area contributed by atoms with Crippen LogP contribution < -0.4 is 10.2 Å². The van der Waals surface area contributed by atoms with Crippen LogP contribution in [0.3, 0.4) is 0 Å². The van der Waals surface area contributed by atoms with Gasteiger partial charge in [0.2, 0.25) is 5.95 Å². The van der Waals surface area contributed by atoms with E-state index in [1.807, 2.05) is 0 Å². The van der Waals surface area contributed by atoms with E-state index in [0.717, 1.165) is 19.3 Å². The first-order chi connectivity index (χ1) is 10.1. The fourth-order valence-electron chi connectivity index (χ4n) is 2.80. The SMILES string of the molecule is CN(C)c1nc(NC2CCCc3ccccc32)ncc1F. The third-order valence-corrected chi connectivity index (χ3v) is 3.82. The third kappa shape index (κ3) is 2.82. The largest absolute Gasteiger partial charge is 0.360 e. The normalized spacial score (nSPS) is 17.2. The molecule has 5 heteroatoms. The van der Waals surface area contributed by atoms with Gasteiger partial charge in [-0.25, -0.2) is 9.37 Å². The zero-order chi connectivity index (χ0) is 14.8. The summed E-state index contributed by atoms with van der Waals surface area (Å²) >= 11 is 0. The minimum atomic E-state index is -0.408. The number of nitrogens with one attached hydrogen (secondary N) is 1. The summed E-state index contributed by atoms with van der Waals surface area (Å²) in [5, 5.41) is 3.34. The van der Waals surface area contributed by atoms with Crippen molar-refractivity contribution in [2.75, 3.05) is 24.3 Å². The van der Waals surface area contributed by atoms with Gasteiger partial charge in [0.15, 0.2) is 11.6 Å². The number of nitrogens with zero attached hydrogens (tertiary/aromatic N) is 3. The van der Waals surface area contributed by atoms with E-state index < -0.39 is 5.82 Å². The van der Waals surface area contributed by atoms with Crippen LogP contribution >= 0.6 is 0 Å². The van der Waals surface area contributed by atoms with Crippen molar-refractivity contribution in [1.82, 2.24) is 9.97 Å². The average molecular weight is 286 g/mol. The Bertz CT molecular complexity index is 642. The summed E-state index contributed by atoms with van der Waals surface area (Å²) < 4.78 is 13.6. The minimum absolute atomic E-state index is 0.190. The Balaban J connectivity index is 1.86. The lowest BCUT2D eigenvalue weighted by atomic mass is 9.88. The summed E-state index contributed by atoms with van der Waals surface area (Å²) in [6, 6.07) is 8.62. The molecule has 0 saturated carbocycles. The van der Waals surface area contributed by atoms with Gasteiger partial charge in [0.25, 0.3) is 0 Å². The number of benzene rings is 1. The highest BCUT2D eigenvalue weighted by atomic mass is 19.1. The van der Waals surface area contributed by atoms with E-state index in [1.165, 1.54) is 17.3 Å². The van der Waals surface area contributed by atoms with Crippen LogP contribution in [0.1, 0.15) is 30.0 Å². The monoisotopic (exact) mass is 286 g/mol. The molecular formula is C16H19FN4. The fraction of sp³-hybridized carbons (Fsp3) is 0.375.